The van der Waals surface area contributed by atoms with Crippen LogP contribution in [0.4, 0.5) is 10.5 Å². The lowest BCUT2D eigenvalue weighted by molar-refractivity contribution is 0.251. The van der Waals surface area contributed by atoms with E-state index in [4.69, 9.17) is 0 Å². The molecule has 0 bridgehead atoms. The fourth-order valence-corrected chi connectivity index (χ4v) is 2.82. The van der Waals surface area contributed by atoms with Gasteiger partial charge in [0.05, 0.1) is 5.69 Å². The molecule has 0 saturated heterocycles. The van der Waals surface area contributed by atoms with Crippen molar-refractivity contribution in [2.75, 3.05) is 11.9 Å². The van der Waals surface area contributed by atoms with Crippen molar-refractivity contribution in [3.63, 3.8) is 0 Å². The zero-order valence-electron chi connectivity index (χ0n) is 14.9. The fraction of sp³-hybridized carbons (Fsp3) is 0.263. The summed E-state index contributed by atoms with van der Waals surface area (Å²) in [7, 11) is 0. The zero-order valence-corrected chi connectivity index (χ0v) is 14.9. The number of tetrazole rings is 1. The van der Waals surface area contributed by atoms with Gasteiger partial charge in [0.15, 0.2) is 0 Å². The van der Waals surface area contributed by atoms with E-state index in [2.05, 4.69) is 45.2 Å². The first kappa shape index (κ1) is 17.6. The number of nitrogens with zero attached hydrogens (tertiary/aromatic N) is 4. The van der Waals surface area contributed by atoms with Crippen LogP contribution in [0.5, 0.6) is 0 Å². The first-order valence-electron chi connectivity index (χ1n) is 8.61. The summed E-state index contributed by atoms with van der Waals surface area (Å²) in [6.07, 6.45) is 2.48. The third-order valence-electron chi connectivity index (χ3n) is 4.34. The molecule has 134 valence electrons. The Morgan fingerprint density at radius 1 is 1.19 bits per heavy atom. The highest BCUT2D eigenvalue weighted by atomic mass is 16.2. The van der Waals surface area contributed by atoms with Gasteiger partial charge in [-0.15, -0.1) is 5.10 Å². The summed E-state index contributed by atoms with van der Waals surface area (Å²) in [6.45, 7) is 4.67. The first-order valence-corrected chi connectivity index (χ1v) is 8.61. The van der Waals surface area contributed by atoms with E-state index >= 15 is 0 Å². The predicted octanol–water partition coefficient (Wildman–Crippen LogP) is 3.29. The Kier molecular flexibility index (Phi) is 5.58. The zero-order chi connectivity index (χ0) is 18.4. The van der Waals surface area contributed by atoms with Gasteiger partial charge in [-0.25, -0.2) is 9.48 Å². The molecule has 1 aromatic heterocycles. The Labute approximate surface area is 152 Å². The van der Waals surface area contributed by atoms with Gasteiger partial charge in [-0.2, -0.15) is 0 Å². The van der Waals surface area contributed by atoms with Crippen LogP contribution in [0.15, 0.2) is 54.9 Å². The Morgan fingerprint density at radius 2 is 2.00 bits per heavy atom. The predicted molar refractivity (Wildman–Crippen MR) is 100 cm³/mol. The molecule has 26 heavy (non-hydrogen) atoms. The lowest BCUT2D eigenvalue weighted by Gasteiger charge is -2.17. The number of aryl methyl sites for hydroxylation is 1. The second kappa shape index (κ2) is 8.24. The van der Waals surface area contributed by atoms with Crippen molar-refractivity contribution in [3.8, 4) is 5.69 Å². The molecule has 1 atom stereocenters. The molecule has 0 unspecified atom stereocenters. The first-order chi connectivity index (χ1) is 12.7. The van der Waals surface area contributed by atoms with Gasteiger partial charge < -0.3 is 10.6 Å². The van der Waals surface area contributed by atoms with Crippen molar-refractivity contribution in [2.45, 2.75) is 26.2 Å². The average molecular weight is 350 g/mol. The molecule has 0 aliphatic heterocycles. The normalized spacial score (nSPS) is 11.8. The summed E-state index contributed by atoms with van der Waals surface area (Å²) in [5.41, 5.74) is 3.75. The summed E-state index contributed by atoms with van der Waals surface area (Å²) >= 11 is 0. The molecule has 0 spiro atoms. The van der Waals surface area contributed by atoms with Crippen molar-refractivity contribution in [2.24, 2.45) is 0 Å². The van der Waals surface area contributed by atoms with E-state index in [0.717, 1.165) is 17.7 Å². The molecule has 7 nitrogen and oxygen atoms in total. The Balaban J connectivity index is 1.62. The molecule has 0 radical (unpaired) electrons. The van der Waals surface area contributed by atoms with E-state index in [0.29, 0.717) is 12.2 Å². The second-order valence-corrected chi connectivity index (χ2v) is 6.11. The van der Waals surface area contributed by atoms with E-state index in [9.17, 15) is 4.79 Å². The van der Waals surface area contributed by atoms with Crippen LogP contribution in [0.1, 0.15) is 30.4 Å². The number of benzene rings is 2. The number of aromatic nitrogens is 4. The van der Waals surface area contributed by atoms with Crippen molar-refractivity contribution in [1.82, 2.24) is 25.5 Å². The van der Waals surface area contributed by atoms with Crippen LogP contribution < -0.4 is 10.6 Å². The molecule has 0 fully saturated rings. The number of hydrogen-bond donors (Lipinski definition) is 2. The maximum atomic E-state index is 12.3. The van der Waals surface area contributed by atoms with Gasteiger partial charge in [0.25, 0.3) is 0 Å². The number of carbonyl (C=O) groups excluding carboxylic acids is 1. The van der Waals surface area contributed by atoms with Crippen LogP contribution in [0.25, 0.3) is 5.69 Å². The maximum absolute atomic E-state index is 12.3. The molecule has 2 amide bonds. The third kappa shape index (κ3) is 4.24. The standard InChI is InChI=1S/C19H22N6O/c1-3-15(16-7-5-4-6-8-16)12-20-19(26)22-17-10-9-14(2)18(11-17)25-13-21-23-24-25/h4-11,13,15H,3,12H2,1-2H3,(H2,20,22,26)/t15-/m1/s1. The molecule has 2 N–H and O–H groups in total. The molecule has 0 saturated carbocycles. The number of rotatable bonds is 6. The minimum atomic E-state index is -0.231. The highest BCUT2D eigenvalue weighted by molar-refractivity contribution is 5.89. The lowest BCUT2D eigenvalue weighted by Crippen LogP contribution is -2.32. The monoisotopic (exact) mass is 350 g/mol. The van der Waals surface area contributed by atoms with Crippen LogP contribution in [0, 0.1) is 6.92 Å². The molecule has 0 aliphatic carbocycles. The molecule has 1 heterocycles. The van der Waals surface area contributed by atoms with Gasteiger partial charge in [0.2, 0.25) is 0 Å². The minimum absolute atomic E-state index is 0.231. The maximum Gasteiger partial charge on any atom is 0.319 e. The van der Waals surface area contributed by atoms with Crippen LogP contribution in [0.2, 0.25) is 0 Å². The Bertz CT molecular complexity index is 848. The summed E-state index contributed by atoms with van der Waals surface area (Å²) in [5, 5.41) is 17.0. The SMILES string of the molecule is CC[C@H](CNC(=O)Nc1ccc(C)c(-n2cnnn2)c1)c1ccccc1. The number of anilines is 1. The quantitative estimate of drug-likeness (QED) is 0.714. The minimum Gasteiger partial charge on any atom is -0.337 e. The highest BCUT2D eigenvalue weighted by Gasteiger charge is 2.11. The fourth-order valence-electron chi connectivity index (χ4n) is 2.82. The topological polar surface area (TPSA) is 84.7 Å². The molecule has 3 aromatic rings. The number of hydrogen-bond acceptors (Lipinski definition) is 4. The highest BCUT2D eigenvalue weighted by Crippen LogP contribution is 2.19. The summed E-state index contributed by atoms with van der Waals surface area (Å²) in [4.78, 5) is 12.3. The van der Waals surface area contributed by atoms with Crippen LogP contribution in [-0.2, 0) is 0 Å². The summed E-state index contributed by atoms with van der Waals surface area (Å²) in [6, 6.07) is 15.6. The van der Waals surface area contributed by atoms with Crippen molar-refractivity contribution < 1.29 is 4.79 Å². The van der Waals surface area contributed by atoms with E-state index in [1.165, 1.54) is 11.9 Å². The van der Waals surface area contributed by atoms with E-state index in [1.807, 2.05) is 43.3 Å². The van der Waals surface area contributed by atoms with Crippen molar-refractivity contribution in [3.05, 3.63) is 66.0 Å². The Morgan fingerprint density at radius 3 is 2.69 bits per heavy atom. The van der Waals surface area contributed by atoms with E-state index < -0.39 is 0 Å². The van der Waals surface area contributed by atoms with Crippen LogP contribution in [0.3, 0.4) is 0 Å². The van der Waals surface area contributed by atoms with Crippen LogP contribution in [-0.4, -0.2) is 32.8 Å². The Hall–Kier alpha value is -3.22. The number of carbonyl (C=O) groups is 1. The van der Waals surface area contributed by atoms with Crippen molar-refractivity contribution >= 4 is 11.7 Å². The van der Waals surface area contributed by atoms with Gasteiger partial charge in [0.1, 0.15) is 6.33 Å². The van der Waals surface area contributed by atoms with E-state index in [1.54, 1.807) is 4.68 Å². The van der Waals surface area contributed by atoms with Gasteiger partial charge in [-0.05, 0) is 47.0 Å². The largest absolute Gasteiger partial charge is 0.337 e. The number of urea groups is 1. The number of amides is 2. The average Bonchev–Trinajstić information content (AvgIpc) is 3.19. The molecule has 2 aromatic carbocycles. The van der Waals surface area contributed by atoms with Gasteiger partial charge in [-0.3, -0.25) is 0 Å². The van der Waals surface area contributed by atoms with Gasteiger partial charge >= 0.3 is 6.03 Å². The molecule has 3 rings (SSSR count). The molecule has 7 heteroatoms. The van der Waals surface area contributed by atoms with Crippen LogP contribution >= 0.6 is 0 Å². The summed E-state index contributed by atoms with van der Waals surface area (Å²) < 4.78 is 1.57. The molecular weight excluding hydrogens is 328 g/mol. The number of nitrogens with one attached hydrogen (secondary N) is 2. The van der Waals surface area contributed by atoms with Gasteiger partial charge in [0, 0.05) is 18.2 Å². The summed E-state index contributed by atoms with van der Waals surface area (Å²) in [5.74, 6) is 0.289. The smallest absolute Gasteiger partial charge is 0.319 e. The van der Waals surface area contributed by atoms with Gasteiger partial charge in [-0.1, -0.05) is 43.3 Å². The van der Waals surface area contributed by atoms with Crippen molar-refractivity contribution in [1.29, 1.82) is 0 Å². The third-order valence-corrected chi connectivity index (χ3v) is 4.34. The second-order valence-electron chi connectivity index (χ2n) is 6.11. The lowest BCUT2D eigenvalue weighted by atomic mass is 9.97. The molecule has 0 aliphatic rings. The van der Waals surface area contributed by atoms with E-state index in [-0.39, 0.29) is 11.9 Å². The molecular formula is C19H22N6O.